The summed E-state index contributed by atoms with van der Waals surface area (Å²) in [5.74, 6) is -4.34. The van der Waals surface area contributed by atoms with Crippen molar-refractivity contribution in [2.24, 2.45) is 0 Å². The maximum absolute atomic E-state index is 14.6. The summed E-state index contributed by atoms with van der Waals surface area (Å²) in [6, 6.07) is 34.8. The third-order valence-corrected chi connectivity index (χ3v) is 14.7. The number of carbonyl (C=O) groups excluding carboxylic acids is 3. The van der Waals surface area contributed by atoms with Crippen molar-refractivity contribution in [2.45, 2.75) is 70.0 Å². The molecule has 8 nitrogen and oxygen atoms in total. The normalized spacial score (nSPS) is 17.4. The van der Waals surface area contributed by atoms with E-state index in [0.29, 0.717) is 12.8 Å². The van der Waals surface area contributed by atoms with Crippen molar-refractivity contribution in [2.75, 3.05) is 20.2 Å². The zero-order chi connectivity index (χ0) is 39.8. The summed E-state index contributed by atoms with van der Waals surface area (Å²) < 4.78 is 60.2. The number of carbonyl (C=O) groups is 3. The van der Waals surface area contributed by atoms with Crippen LogP contribution in [0.25, 0.3) is 11.1 Å². The first-order chi connectivity index (χ1) is 26.2. The van der Waals surface area contributed by atoms with Gasteiger partial charge in [-0.3, -0.25) is 9.59 Å². The Morgan fingerprint density at radius 3 is 1.80 bits per heavy atom. The van der Waals surface area contributed by atoms with Crippen LogP contribution in [0.5, 0.6) is 0 Å². The molecule has 2 amide bonds. The SMILES string of the molecule is CCCN(CCc1ccc(-c2ccccc2)cc1)C(=O)[C@@H]1OC(C(=O)OC)=C[C@@H](O[Si](c2ccccc2)(c2ccccc2)C(C)(C)C)[C@@H]1NC(=O)C(F)(F)F. The van der Waals surface area contributed by atoms with Crippen LogP contribution < -0.4 is 15.7 Å². The molecular formula is C43H47F3N2O6Si. The number of ether oxygens (including phenoxy) is 2. The van der Waals surface area contributed by atoms with E-state index in [1.807, 2.05) is 143 Å². The van der Waals surface area contributed by atoms with Crippen LogP contribution in [0.1, 0.15) is 39.7 Å². The number of halogens is 3. The molecule has 1 heterocycles. The molecule has 1 N–H and O–H groups in total. The highest BCUT2D eigenvalue weighted by atomic mass is 28.4. The van der Waals surface area contributed by atoms with Crippen molar-refractivity contribution < 1.29 is 41.5 Å². The summed E-state index contributed by atoms with van der Waals surface area (Å²) >= 11 is 0. The van der Waals surface area contributed by atoms with Crippen LogP contribution in [0, 0.1) is 0 Å². The average molecular weight is 773 g/mol. The average Bonchev–Trinajstić information content (AvgIpc) is 3.18. The highest BCUT2D eigenvalue weighted by Gasteiger charge is 2.55. The van der Waals surface area contributed by atoms with Gasteiger partial charge in [-0.25, -0.2) is 4.79 Å². The Hall–Kier alpha value is -5.20. The largest absolute Gasteiger partial charge is 0.471 e. The van der Waals surface area contributed by atoms with E-state index in [9.17, 15) is 27.6 Å². The third-order valence-electron chi connectivity index (χ3n) is 9.70. The Morgan fingerprint density at radius 1 is 0.782 bits per heavy atom. The van der Waals surface area contributed by atoms with Crippen molar-refractivity contribution >= 4 is 36.5 Å². The fourth-order valence-corrected chi connectivity index (χ4v) is 11.7. The van der Waals surface area contributed by atoms with E-state index < -0.39 is 61.3 Å². The number of nitrogens with one attached hydrogen (secondary N) is 1. The van der Waals surface area contributed by atoms with E-state index in [4.69, 9.17) is 13.9 Å². The van der Waals surface area contributed by atoms with Crippen LogP contribution in [0.2, 0.25) is 5.04 Å². The fourth-order valence-electron chi connectivity index (χ4n) is 7.03. The van der Waals surface area contributed by atoms with E-state index in [-0.39, 0.29) is 13.1 Å². The summed E-state index contributed by atoms with van der Waals surface area (Å²) in [7, 11) is -2.42. The quantitative estimate of drug-likeness (QED) is 0.122. The van der Waals surface area contributed by atoms with Crippen LogP contribution in [0.4, 0.5) is 13.2 Å². The van der Waals surface area contributed by atoms with Crippen molar-refractivity contribution in [1.29, 1.82) is 0 Å². The summed E-state index contributed by atoms with van der Waals surface area (Å²) in [4.78, 5) is 42.1. The summed E-state index contributed by atoms with van der Waals surface area (Å²) in [6.07, 6.45) is -6.35. The number of alkyl halides is 3. The topological polar surface area (TPSA) is 94.2 Å². The molecule has 0 aliphatic carbocycles. The third kappa shape index (κ3) is 9.37. The summed E-state index contributed by atoms with van der Waals surface area (Å²) in [5.41, 5.74) is 3.02. The number of rotatable bonds is 13. The van der Waals surface area contributed by atoms with E-state index in [0.717, 1.165) is 34.2 Å². The van der Waals surface area contributed by atoms with Crippen molar-refractivity contribution in [3.8, 4) is 11.1 Å². The molecule has 1 aliphatic heterocycles. The molecule has 0 saturated heterocycles. The number of methoxy groups -OCH3 is 1. The van der Waals surface area contributed by atoms with Gasteiger partial charge in [-0.15, -0.1) is 0 Å². The highest BCUT2D eigenvalue weighted by molar-refractivity contribution is 6.99. The second-order valence-electron chi connectivity index (χ2n) is 14.4. The molecule has 0 radical (unpaired) electrons. The molecule has 55 heavy (non-hydrogen) atoms. The molecular weight excluding hydrogens is 726 g/mol. The molecule has 0 unspecified atom stereocenters. The Balaban J connectivity index is 1.57. The van der Waals surface area contributed by atoms with Gasteiger partial charge in [-0.1, -0.05) is 143 Å². The number of esters is 1. The smallest absolute Gasteiger partial charge is 0.471 e. The molecule has 5 rings (SSSR count). The minimum absolute atomic E-state index is 0.189. The van der Waals surface area contributed by atoms with Gasteiger partial charge < -0.3 is 24.1 Å². The molecule has 12 heteroatoms. The minimum Gasteiger partial charge on any atom is -0.471 e. The first-order valence-corrected chi connectivity index (χ1v) is 20.2. The lowest BCUT2D eigenvalue weighted by atomic mass is 9.98. The van der Waals surface area contributed by atoms with Crippen molar-refractivity contribution in [3.05, 3.63) is 133 Å². The monoisotopic (exact) mass is 772 g/mol. The number of hydrogen-bond donors (Lipinski definition) is 1. The van der Waals surface area contributed by atoms with Gasteiger partial charge in [0.05, 0.1) is 13.2 Å². The van der Waals surface area contributed by atoms with Crippen LogP contribution in [-0.4, -0.2) is 75.6 Å². The van der Waals surface area contributed by atoms with Gasteiger partial charge in [0.15, 0.2) is 6.10 Å². The van der Waals surface area contributed by atoms with Gasteiger partial charge in [0, 0.05) is 13.1 Å². The summed E-state index contributed by atoms with van der Waals surface area (Å²) in [6.45, 7) is 8.22. The maximum Gasteiger partial charge on any atom is 0.471 e. The van der Waals surface area contributed by atoms with Gasteiger partial charge in [0.2, 0.25) is 5.76 Å². The first-order valence-electron chi connectivity index (χ1n) is 18.3. The lowest BCUT2D eigenvalue weighted by molar-refractivity contribution is -0.177. The Kier molecular flexibility index (Phi) is 13.0. The molecule has 0 saturated carbocycles. The predicted molar refractivity (Wildman–Crippen MR) is 208 cm³/mol. The fraction of sp³-hybridized carbons (Fsp3) is 0.326. The van der Waals surface area contributed by atoms with E-state index in [1.54, 1.807) is 0 Å². The molecule has 290 valence electrons. The second kappa shape index (κ2) is 17.5. The number of amides is 2. The molecule has 0 aromatic heterocycles. The van der Waals surface area contributed by atoms with E-state index in [2.05, 4.69) is 5.32 Å². The molecule has 0 bridgehead atoms. The predicted octanol–water partition coefficient (Wildman–Crippen LogP) is 6.58. The van der Waals surface area contributed by atoms with Crippen LogP contribution >= 0.6 is 0 Å². The standard InChI is InChI=1S/C43H47F3N2O6Si/c1-6-27-48(28-26-30-22-24-32(25-23-30)31-16-10-7-11-17-31)39(49)38-37(47-41(51)43(44,45)46)35(29-36(53-38)40(50)52-5)54-55(42(2,3)4,33-18-12-8-13-19-33)34-20-14-9-15-21-34/h7-25,29,35,37-38H,6,26-28H2,1-5H3,(H,47,51)/t35-,37+,38-/m1/s1. The lowest BCUT2D eigenvalue weighted by Gasteiger charge is -2.47. The Morgan fingerprint density at radius 2 is 1.31 bits per heavy atom. The molecule has 4 aromatic rings. The van der Waals surface area contributed by atoms with E-state index >= 15 is 0 Å². The van der Waals surface area contributed by atoms with Crippen LogP contribution in [-0.2, 0) is 34.7 Å². The van der Waals surface area contributed by atoms with Crippen LogP contribution in [0.3, 0.4) is 0 Å². The van der Waals surface area contributed by atoms with Gasteiger partial charge in [-0.05, 0) is 51.0 Å². The zero-order valence-electron chi connectivity index (χ0n) is 31.6. The van der Waals surface area contributed by atoms with Crippen molar-refractivity contribution in [3.63, 3.8) is 0 Å². The molecule has 0 fully saturated rings. The van der Waals surface area contributed by atoms with Gasteiger partial charge in [-0.2, -0.15) is 13.2 Å². The highest BCUT2D eigenvalue weighted by Crippen LogP contribution is 2.39. The molecule has 1 aliphatic rings. The second-order valence-corrected chi connectivity index (χ2v) is 18.7. The maximum atomic E-state index is 14.6. The zero-order valence-corrected chi connectivity index (χ0v) is 32.6. The molecule has 4 aromatic carbocycles. The van der Waals surface area contributed by atoms with Gasteiger partial charge in [0.25, 0.3) is 14.2 Å². The molecule has 0 spiro atoms. The Labute approximate surface area is 321 Å². The first kappa shape index (κ1) is 41.0. The van der Waals surface area contributed by atoms with Gasteiger partial charge in [0.1, 0.15) is 6.04 Å². The van der Waals surface area contributed by atoms with E-state index in [1.165, 1.54) is 11.0 Å². The number of nitrogens with zero attached hydrogens (tertiary/aromatic N) is 1. The Bertz CT molecular complexity index is 1900. The minimum atomic E-state index is -5.29. The van der Waals surface area contributed by atoms with Crippen molar-refractivity contribution in [1.82, 2.24) is 10.2 Å². The number of hydrogen-bond acceptors (Lipinski definition) is 6. The summed E-state index contributed by atoms with van der Waals surface area (Å²) in [5, 5.41) is 2.98. The number of benzene rings is 4. The van der Waals surface area contributed by atoms with Gasteiger partial charge >= 0.3 is 18.1 Å². The lowest BCUT2D eigenvalue weighted by Crippen LogP contribution is -2.71. The van der Waals surface area contributed by atoms with Crippen LogP contribution in [0.15, 0.2) is 127 Å². The molecule has 3 atom stereocenters.